The lowest BCUT2D eigenvalue weighted by molar-refractivity contribution is -0.144. The highest BCUT2D eigenvalue weighted by Crippen LogP contribution is 2.31. The van der Waals surface area contributed by atoms with E-state index in [2.05, 4.69) is 5.10 Å². The standard InChI is InChI=1S/C19H22F3N3O3/c1-13-18(14(2)25(23-13)12-19(20,21)22)16-10-27-9-8-24(16)17(26)11-28-15-6-4-3-5-7-15/h3-7,16H,8-12H2,1-2H3/t16-/m0/s1. The minimum absolute atomic E-state index is 0.157. The smallest absolute Gasteiger partial charge is 0.408 e. The summed E-state index contributed by atoms with van der Waals surface area (Å²) in [6.07, 6.45) is -4.37. The van der Waals surface area contributed by atoms with Crippen molar-refractivity contribution in [3.05, 3.63) is 47.3 Å². The molecule has 2 heterocycles. The minimum atomic E-state index is -4.37. The zero-order valence-corrected chi connectivity index (χ0v) is 15.7. The van der Waals surface area contributed by atoms with Crippen molar-refractivity contribution >= 4 is 5.91 Å². The Morgan fingerprint density at radius 1 is 1.29 bits per heavy atom. The summed E-state index contributed by atoms with van der Waals surface area (Å²) in [5.74, 6) is 0.325. The fraction of sp³-hybridized carbons (Fsp3) is 0.474. The second-order valence-electron chi connectivity index (χ2n) is 6.64. The average molecular weight is 397 g/mol. The van der Waals surface area contributed by atoms with Crippen molar-refractivity contribution in [2.45, 2.75) is 32.6 Å². The van der Waals surface area contributed by atoms with Gasteiger partial charge in [-0.25, -0.2) is 0 Å². The van der Waals surface area contributed by atoms with Gasteiger partial charge in [0.2, 0.25) is 0 Å². The van der Waals surface area contributed by atoms with Crippen LogP contribution in [0, 0.1) is 13.8 Å². The number of morpholine rings is 1. The van der Waals surface area contributed by atoms with E-state index in [1.54, 1.807) is 43.0 Å². The molecule has 0 unspecified atom stereocenters. The van der Waals surface area contributed by atoms with E-state index in [1.165, 1.54) is 0 Å². The van der Waals surface area contributed by atoms with Gasteiger partial charge >= 0.3 is 6.18 Å². The van der Waals surface area contributed by atoms with Crippen LogP contribution in [0.15, 0.2) is 30.3 Å². The number of hydrogen-bond donors (Lipinski definition) is 0. The molecule has 0 saturated carbocycles. The summed E-state index contributed by atoms with van der Waals surface area (Å²) in [5, 5.41) is 4.03. The molecule has 9 heteroatoms. The Bertz CT molecular complexity index is 821. The number of alkyl halides is 3. The number of rotatable bonds is 5. The summed E-state index contributed by atoms with van der Waals surface area (Å²) >= 11 is 0. The fourth-order valence-electron chi connectivity index (χ4n) is 3.40. The lowest BCUT2D eigenvalue weighted by atomic mass is 10.0. The Balaban J connectivity index is 1.78. The van der Waals surface area contributed by atoms with Crippen molar-refractivity contribution in [2.75, 3.05) is 26.4 Å². The first-order valence-corrected chi connectivity index (χ1v) is 8.92. The molecule has 1 atom stereocenters. The third-order valence-electron chi connectivity index (χ3n) is 4.65. The Morgan fingerprint density at radius 3 is 2.68 bits per heavy atom. The normalized spacial score (nSPS) is 17.6. The lowest BCUT2D eigenvalue weighted by Gasteiger charge is -2.36. The SMILES string of the molecule is Cc1nn(CC(F)(F)F)c(C)c1[C@@H]1COCCN1C(=O)COc1ccccc1. The van der Waals surface area contributed by atoms with Gasteiger partial charge in [0.05, 0.1) is 24.9 Å². The highest BCUT2D eigenvalue weighted by molar-refractivity contribution is 5.78. The number of para-hydroxylation sites is 1. The molecule has 1 aliphatic rings. The summed E-state index contributed by atoms with van der Waals surface area (Å²) in [6, 6.07) is 8.45. The molecule has 1 fully saturated rings. The number of aromatic nitrogens is 2. The molecule has 0 aliphatic carbocycles. The highest BCUT2D eigenvalue weighted by Gasteiger charge is 2.35. The molecule has 0 spiro atoms. The van der Waals surface area contributed by atoms with Crippen molar-refractivity contribution in [2.24, 2.45) is 0 Å². The Hall–Kier alpha value is -2.55. The molecule has 152 valence electrons. The minimum Gasteiger partial charge on any atom is -0.484 e. The van der Waals surface area contributed by atoms with Crippen LogP contribution in [0.25, 0.3) is 0 Å². The summed E-state index contributed by atoms with van der Waals surface area (Å²) in [6.45, 7) is 2.81. The van der Waals surface area contributed by atoms with Crippen LogP contribution in [0.4, 0.5) is 13.2 Å². The van der Waals surface area contributed by atoms with Crippen LogP contribution in [-0.4, -0.2) is 53.1 Å². The molecule has 3 rings (SSSR count). The first kappa shape index (κ1) is 20.2. The summed E-state index contributed by atoms with van der Waals surface area (Å²) < 4.78 is 50.4. The molecule has 0 bridgehead atoms. The van der Waals surface area contributed by atoms with Crippen molar-refractivity contribution in [1.82, 2.24) is 14.7 Å². The van der Waals surface area contributed by atoms with E-state index in [9.17, 15) is 18.0 Å². The van der Waals surface area contributed by atoms with Crippen molar-refractivity contribution in [3.8, 4) is 5.75 Å². The summed E-state index contributed by atoms with van der Waals surface area (Å²) in [7, 11) is 0. The van der Waals surface area contributed by atoms with Gasteiger partial charge in [0.15, 0.2) is 6.61 Å². The number of halogens is 3. The van der Waals surface area contributed by atoms with Gasteiger partial charge in [0.1, 0.15) is 12.3 Å². The Kier molecular flexibility index (Phi) is 5.93. The van der Waals surface area contributed by atoms with Crippen LogP contribution < -0.4 is 4.74 Å². The van der Waals surface area contributed by atoms with Gasteiger partial charge in [-0.15, -0.1) is 0 Å². The van der Waals surface area contributed by atoms with Gasteiger partial charge in [-0.2, -0.15) is 18.3 Å². The number of nitrogens with zero attached hydrogens (tertiary/aromatic N) is 3. The predicted octanol–water partition coefficient (Wildman–Crippen LogP) is 3.04. The molecule has 1 saturated heterocycles. The van der Waals surface area contributed by atoms with Gasteiger partial charge in [-0.05, 0) is 26.0 Å². The van der Waals surface area contributed by atoms with Crippen molar-refractivity contribution in [3.63, 3.8) is 0 Å². The molecule has 1 amide bonds. The summed E-state index contributed by atoms with van der Waals surface area (Å²) in [4.78, 5) is 14.4. The van der Waals surface area contributed by atoms with E-state index in [0.29, 0.717) is 35.9 Å². The quantitative estimate of drug-likeness (QED) is 0.778. The number of carbonyl (C=O) groups excluding carboxylic acids is 1. The second-order valence-corrected chi connectivity index (χ2v) is 6.64. The van der Waals surface area contributed by atoms with Gasteiger partial charge < -0.3 is 14.4 Å². The first-order chi connectivity index (χ1) is 13.3. The van der Waals surface area contributed by atoms with Gasteiger partial charge in [0, 0.05) is 17.8 Å². The molecule has 2 aromatic rings. The third kappa shape index (κ3) is 4.64. The number of ether oxygens (including phenoxy) is 2. The maximum absolute atomic E-state index is 12.8. The number of carbonyl (C=O) groups is 1. The zero-order valence-electron chi connectivity index (χ0n) is 15.7. The maximum atomic E-state index is 12.8. The van der Waals surface area contributed by atoms with Gasteiger partial charge in [-0.3, -0.25) is 9.48 Å². The average Bonchev–Trinajstić information content (AvgIpc) is 2.92. The highest BCUT2D eigenvalue weighted by atomic mass is 19.4. The molecule has 1 aromatic carbocycles. The van der Waals surface area contributed by atoms with E-state index < -0.39 is 18.8 Å². The molecule has 28 heavy (non-hydrogen) atoms. The second kappa shape index (κ2) is 8.22. The molecular formula is C19H22F3N3O3. The van der Waals surface area contributed by atoms with Gasteiger partial charge in [0.25, 0.3) is 5.91 Å². The monoisotopic (exact) mass is 397 g/mol. The Morgan fingerprint density at radius 2 is 2.00 bits per heavy atom. The zero-order chi connectivity index (χ0) is 20.3. The molecule has 1 aliphatic heterocycles. The van der Waals surface area contributed by atoms with E-state index in [-0.39, 0.29) is 19.1 Å². The topological polar surface area (TPSA) is 56.6 Å². The van der Waals surface area contributed by atoms with Crippen LogP contribution >= 0.6 is 0 Å². The van der Waals surface area contributed by atoms with E-state index in [1.807, 2.05) is 6.07 Å². The Labute approximate surface area is 160 Å². The molecule has 0 N–H and O–H groups in total. The number of hydrogen-bond acceptors (Lipinski definition) is 4. The number of aryl methyl sites for hydroxylation is 1. The van der Waals surface area contributed by atoms with Crippen LogP contribution in [0.5, 0.6) is 5.75 Å². The third-order valence-corrected chi connectivity index (χ3v) is 4.65. The summed E-state index contributed by atoms with van der Waals surface area (Å²) in [5.41, 5.74) is 1.43. The molecule has 1 aromatic heterocycles. The van der Waals surface area contributed by atoms with Gasteiger partial charge in [-0.1, -0.05) is 18.2 Å². The number of amides is 1. The largest absolute Gasteiger partial charge is 0.484 e. The molecule has 0 radical (unpaired) electrons. The first-order valence-electron chi connectivity index (χ1n) is 8.92. The number of benzene rings is 1. The van der Waals surface area contributed by atoms with Crippen molar-refractivity contribution < 1.29 is 27.4 Å². The van der Waals surface area contributed by atoms with E-state index in [0.717, 1.165) is 4.68 Å². The predicted molar refractivity (Wildman–Crippen MR) is 95.0 cm³/mol. The lowest BCUT2D eigenvalue weighted by Crippen LogP contribution is -2.45. The maximum Gasteiger partial charge on any atom is 0.408 e. The van der Waals surface area contributed by atoms with E-state index >= 15 is 0 Å². The molecule has 6 nitrogen and oxygen atoms in total. The van der Waals surface area contributed by atoms with E-state index in [4.69, 9.17) is 9.47 Å². The van der Waals surface area contributed by atoms with Crippen LogP contribution in [0.3, 0.4) is 0 Å². The van der Waals surface area contributed by atoms with Crippen LogP contribution in [-0.2, 0) is 16.1 Å². The molecular weight excluding hydrogens is 375 g/mol. The fourth-order valence-corrected chi connectivity index (χ4v) is 3.40. The van der Waals surface area contributed by atoms with Crippen molar-refractivity contribution in [1.29, 1.82) is 0 Å². The van der Waals surface area contributed by atoms with Crippen LogP contribution in [0.1, 0.15) is 23.0 Å². The van der Waals surface area contributed by atoms with Crippen LogP contribution in [0.2, 0.25) is 0 Å².